The molecule has 1 saturated heterocycles. The number of thiazole rings is 2. The first-order valence-electron chi connectivity index (χ1n) is 14.1. The van der Waals surface area contributed by atoms with Crippen LogP contribution in [0.4, 0.5) is 11.4 Å². The zero-order valence-electron chi connectivity index (χ0n) is 25.0. The molecular weight excluding hydrogens is 549 g/mol. The lowest BCUT2D eigenvalue weighted by atomic mass is 9.97. The number of nitrogens with zero attached hydrogens (tertiary/aromatic N) is 4. The van der Waals surface area contributed by atoms with E-state index in [1.54, 1.807) is 22.7 Å². The van der Waals surface area contributed by atoms with Gasteiger partial charge in [0.2, 0.25) is 10.8 Å². The van der Waals surface area contributed by atoms with Gasteiger partial charge in [0.05, 0.1) is 15.8 Å². The molecule has 41 heavy (non-hydrogen) atoms. The van der Waals surface area contributed by atoms with E-state index in [1.165, 1.54) is 5.01 Å². The number of ketones is 2. The van der Waals surface area contributed by atoms with Crippen LogP contribution in [0.1, 0.15) is 83.7 Å². The summed E-state index contributed by atoms with van der Waals surface area (Å²) >= 11 is 3.19. The highest BCUT2D eigenvalue weighted by molar-refractivity contribution is 7.10. The summed E-state index contributed by atoms with van der Waals surface area (Å²) in [6.45, 7) is 16.4. The highest BCUT2D eigenvalue weighted by Gasteiger charge is 2.31. The standard InChI is InChI=1S/C33H39N4O2S2/c1-32(2,3)30-34-26(20-40-30)28(38)22-8-12-24(13-9-22)36-16-18-37(19-17-36)25-14-10-23(11-15-25)29(39)27-21-41-31(35(27)7)33(4,5)6/h8-15,20-21H,16-19H2,1-7H3/q+1. The van der Waals surface area contributed by atoms with Gasteiger partial charge in [0, 0.05) is 59.5 Å². The van der Waals surface area contributed by atoms with Gasteiger partial charge in [-0.3, -0.25) is 9.59 Å². The molecule has 0 unspecified atom stereocenters. The topological polar surface area (TPSA) is 57.4 Å². The Hall–Kier alpha value is -3.36. The summed E-state index contributed by atoms with van der Waals surface area (Å²) in [4.78, 5) is 35.5. The molecule has 4 aromatic rings. The second kappa shape index (κ2) is 11.1. The third kappa shape index (κ3) is 6.14. The summed E-state index contributed by atoms with van der Waals surface area (Å²) in [6, 6.07) is 15.9. The molecule has 6 nitrogen and oxygen atoms in total. The number of piperazine rings is 1. The van der Waals surface area contributed by atoms with Crippen LogP contribution in [0.3, 0.4) is 0 Å². The molecule has 0 spiro atoms. The van der Waals surface area contributed by atoms with Gasteiger partial charge in [-0.25, -0.2) is 4.98 Å². The van der Waals surface area contributed by atoms with Gasteiger partial charge in [-0.2, -0.15) is 4.57 Å². The number of hydrogen-bond donors (Lipinski definition) is 0. The van der Waals surface area contributed by atoms with Crippen molar-refractivity contribution in [2.45, 2.75) is 52.4 Å². The quantitative estimate of drug-likeness (QED) is 0.193. The van der Waals surface area contributed by atoms with E-state index in [-0.39, 0.29) is 22.4 Å². The lowest BCUT2D eigenvalue weighted by molar-refractivity contribution is -0.678. The molecule has 0 aliphatic carbocycles. The van der Waals surface area contributed by atoms with E-state index in [1.807, 2.05) is 58.8 Å². The molecule has 1 aliphatic rings. The molecule has 0 N–H and O–H groups in total. The van der Waals surface area contributed by atoms with E-state index in [0.717, 1.165) is 48.3 Å². The van der Waals surface area contributed by atoms with Gasteiger partial charge in [-0.1, -0.05) is 32.1 Å². The average molecular weight is 588 g/mol. The van der Waals surface area contributed by atoms with Gasteiger partial charge in [0.1, 0.15) is 12.7 Å². The van der Waals surface area contributed by atoms with Crippen molar-refractivity contribution in [3.63, 3.8) is 0 Å². The molecule has 1 fully saturated rings. The number of anilines is 2. The number of carbonyl (C=O) groups is 2. The van der Waals surface area contributed by atoms with Crippen LogP contribution in [0.5, 0.6) is 0 Å². The van der Waals surface area contributed by atoms with Crippen LogP contribution in [0.25, 0.3) is 0 Å². The van der Waals surface area contributed by atoms with E-state index in [0.29, 0.717) is 16.8 Å². The summed E-state index contributed by atoms with van der Waals surface area (Å²) in [5.74, 6) is 0.0272. The van der Waals surface area contributed by atoms with E-state index >= 15 is 0 Å². The number of carbonyl (C=O) groups excluding carboxylic acids is 2. The van der Waals surface area contributed by atoms with Crippen molar-refractivity contribution < 1.29 is 14.2 Å². The Bertz CT molecular complexity index is 1550. The predicted octanol–water partition coefficient (Wildman–Crippen LogP) is 6.41. The first-order valence-corrected chi connectivity index (χ1v) is 15.8. The second-order valence-electron chi connectivity index (χ2n) is 12.7. The highest BCUT2D eigenvalue weighted by atomic mass is 32.1. The molecule has 214 valence electrons. The van der Waals surface area contributed by atoms with Crippen molar-refractivity contribution in [2.24, 2.45) is 7.05 Å². The van der Waals surface area contributed by atoms with Crippen molar-refractivity contribution in [1.29, 1.82) is 0 Å². The summed E-state index contributed by atoms with van der Waals surface area (Å²) in [5.41, 5.74) is 4.82. The number of hydrogen-bond acceptors (Lipinski definition) is 7. The molecule has 1 aliphatic heterocycles. The third-order valence-corrected chi connectivity index (χ3v) is 10.2. The summed E-state index contributed by atoms with van der Waals surface area (Å²) in [6.07, 6.45) is 0. The Morgan fingerprint density at radius 1 is 0.707 bits per heavy atom. The first kappa shape index (κ1) is 29.1. The fourth-order valence-corrected chi connectivity index (χ4v) is 7.14. The van der Waals surface area contributed by atoms with Crippen LogP contribution in [0.15, 0.2) is 59.3 Å². The van der Waals surface area contributed by atoms with Crippen molar-refractivity contribution in [2.75, 3.05) is 36.0 Å². The van der Waals surface area contributed by atoms with E-state index in [4.69, 9.17) is 0 Å². The van der Waals surface area contributed by atoms with E-state index in [2.05, 4.69) is 68.5 Å². The summed E-state index contributed by atoms with van der Waals surface area (Å²) < 4.78 is 2.03. The Balaban J connectivity index is 1.19. The molecule has 0 saturated carbocycles. The second-order valence-corrected chi connectivity index (χ2v) is 14.5. The fourth-order valence-electron chi connectivity index (χ4n) is 5.15. The summed E-state index contributed by atoms with van der Waals surface area (Å²) in [5, 5.41) is 6.00. The lowest BCUT2D eigenvalue weighted by Crippen LogP contribution is -2.46. The van der Waals surface area contributed by atoms with Gasteiger partial charge in [-0.15, -0.1) is 11.3 Å². The molecule has 5 rings (SSSR count). The minimum atomic E-state index is -0.0620. The maximum absolute atomic E-state index is 13.2. The molecule has 8 heteroatoms. The molecular formula is C33H39N4O2S2+. The molecule has 0 bridgehead atoms. The van der Waals surface area contributed by atoms with Gasteiger partial charge in [0.25, 0.3) is 11.5 Å². The maximum atomic E-state index is 13.2. The smallest absolute Gasteiger partial charge is 0.264 e. The Kier molecular flexibility index (Phi) is 7.92. The van der Waals surface area contributed by atoms with E-state index < -0.39 is 0 Å². The number of benzene rings is 2. The van der Waals surface area contributed by atoms with Crippen LogP contribution < -0.4 is 14.4 Å². The van der Waals surface area contributed by atoms with Crippen molar-refractivity contribution in [3.05, 3.63) is 91.8 Å². The van der Waals surface area contributed by atoms with Crippen molar-refractivity contribution in [1.82, 2.24) is 4.98 Å². The average Bonchev–Trinajstić information content (AvgIpc) is 3.60. The van der Waals surface area contributed by atoms with Crippen LogP contribution >= 0.6 is 22.7 Å². The van der Waals surface area contributed by atoms with Crippen molar-refractivity contribution in [3.8, 4) is 0 Å². The molecule has 2 aromatic carbocycles. The molecule has 0 amide bonds. The largest absolute Gasteiger partial charge is 0.368 e. The Labute approximate surface area is 251 Å². The minimum absolute atomic E-state index is 0.00146. The van der Waals surface area contributed by atoms with Crippen LogP contribution in [-0.2, 0) is 17.9 Å². The van der Waals surface area contributed by atoms with E-state index in [9.17, 15) is 9.59 Å². The fraction of sp³-hybridized carbons (Fsp3) is 0.394. The van der Waals surface area contributed by atoms with Crippen LogP contribution in [0.2, 0.25) is 0 Å². The van der Waals surface area contributed by atoms with Gasteiger partial charge >= 0.3 is 0 Å². The number of rotatable bonds is 6. The predicted molar refractivity (Wildman–Crippen MR) is 169 cm³/mol. The zero-order chi connectivity index (χ0) is 29.5. The maximum Gasteiger partial charge on any atom is 0.264 e. The molecule has 3 heterocycles. The van der Waals surface area contributed by atoms with Gasteiger partial charge in [0.15, 0.2) is 0 Å². The van der Waals surface area contributed by atoms with Crippen molar-refractivity contribution >= 4 is 45.6 Å². The minimum Gasteiger partial charge on any atom is -0.368 e. The normalized spacial score (nSPS) is 14.4. The van der Waals surface area contributed by atoms with Crippen LogP contribution in [0, 0.1) is 0 Å². The van der Waals surface area contributed by atoms with Gasteiger partial charge < -0.3 is 9.80 Å². The molecule has 0 radical (unpaired) electrons. The number of aromatic nitrogens is 2. The first-order chi connectivity index (χ1) is 19.3. The molecule has 0 atom stereocenters. The molecule has 2 aromatic heterocycles. The highest BCUT2D eigenvalue weighted by Crippen LogP contribution is 2.28. The monoisotopic (exact) mass is 587 g/mol. The SMILES string of the molecule is C[n+]1c(C(=O)c2ccc(N3CCN(c4ccc(C(=O)c5csc(C(C)(C)C)n5)cc4)CC3)cc2)csc1C(C)(C)C. The Morgan fingerprint density at radius 2 is 1.20 bits per heavy atom. The lowest BCUT2D eigenvalue weighted by Gasteiger charge is -2.37. The summed E-state index contributed by atoms with van der Waals surface area (Å²) in [7, 11) is 1.98. The Morgan fingerprint density at radius 3 is 1.61 bits per heavy atom. The third-order valence-electron chi connectivity index (χ3n) is 7.47. The zero-order valence-corrected chi connectivity index (χ0v) is 26.7. The van der Waals surface area contributed by atoms with Crippen LogP contribution in [-0.4, -0.2) is 42.7 Å². The van der Waals surface area contributed by atoms with Gasteiger partial charge in [-0.05, 0) is 69.3 Å².